The number of para-hydroxylation sites is 1. The molecule has 4 amide bonds. The number of hydrogen-bond donors (Lipinski definition) is 3. The molecule has 342 valence electrons. The number of nitrogens with one attached hydrogen (secondary N) is 3. The van der Waals surface area contributed by atoms with E-state index in [2.05, 4.69) is 34.4 Å². The van der Waals surface area contributed by atoms with Gasteiger partial charge in [0, 0.05) is 34.9 Å². The monoisotopic (exact) mass is 913 g/mol. The topological polar surface area (TPSA) is 191 Å². The number of allylic oxidation sites excluding steroid dienone is 1. The number of amides is 4. The van der Waals surface area contributed by atoms with Crippen molar-refractivity contribution in [3.8, 4) is 27.8 Å². The van der Waals surface area contributed by atoms with Crippen LogP contribution >= 0.6 is 11.3 Å². The number of aromatic nitrogens is 3. The third kappa shape index (κ3) is 9.15. The van der Waals surface area contributed by atoms with E-state index in [1.807, 2.05) is 66.3 Å². The summed E-state index contributed by atoms with van der Waals surface area (Å²) < 4.78 is 42.1. The van der Waals surface area contributed by atoms with Gasteiger partial charge in [0.25, 0.3) is 11.9 Å². The van der Waals surface area contributed by atoms with Crippen LogP contribution in [0.2, 0.25) is 0 Å². The molecule has 0 unspecified atom stereocenters. The van der Waals surface area contributed by atoms with Gasteiger partial charge in [0.05, 0.1) is 22.5 Å². The van der Waals surface area contributed by atoms with Crippen LogP contribution in [0.3, 0.4) is 0 Å². The molecule has 2 aromatic heterocycles. The Morgan fingerprint density at radius 1 is 1.02 bits per heavy atom. The Bertz CT molecular complexity index is 2610. The Morgan fingerprint density at radius 3 is 2.48 bits per heavy atom. The number of imidazole rings is 1. The second-order valence-electron chi connectivity index (χ2n) is 19.3. The molecule has 4 heterocycles. The van der Waals surface area contributed by atoms with Gasteiger partial charge in [0.1, 0.15) is 39.9 Å². The highest BCUT2D eigenvalue weighted by atomic mass is 32.2. The molecule has 2 aliphatic carbocycles. The summed E-state index contributed by atoms with van der Waals surface area (Å²) >= 11 is 1.53. The first kappa shape index (κ1) is 45.3. The van der Waals surface area contributed by atoms with Gasteiger partial charge < -0.3 is 25.0 Å². The minimum Gasteiger partial charge on any atom is -0.459 e. The number of nitrogens with zero attached hydrogens (tertiary/aromatic N) is 4. The van der Waals surface area contributed by atoms with Crippen molar-refractivity contribution in [3.05, 3.63) is 65.6 Å². The fraction of sp³-hybridized carbons (Fsp3) is 0.532. The van der Waals surface area contributed by atoms with Crippen molar-refractivity contribution in [2.24, 2.45) is 5.92 Å². The van der Waals surface area contributed by atoms with Crippen LogP contribution in [0.25, 0.3) is 32.9 Å². The second kappa shape index (κ2) is 17.3. The summed E-state index contributed by atoms with van der Waals surface area (Å²) in [6.07, 6.45) is 6.58. The third-order valence-corrected chi connectivity index (χ3v) is 15.8. The normalized spacial score (nSPS) is 25.3. The number of carbonyl (C=O) groups excluding carboxylic acids is 4. The molecule has 5 atom stereocenters. The zero-order valence-electron chi connectivity index (χ0n) is 37.6. The predicted molar refractivity (Wildman–Crippen MR) is 245 cm³/mol. The highest BCUT2D eigenvalue weighted by molar-refractivity contribution is 7.91. The number of thiazole rings is 1. The quantitative estimate of drug-likeness (QED) is 0.143. The zero-order valence-corrected chi connectivity index (χ0v) is 39.2. The van der Waals surface area contributed by atoms with Gasteiger partial charge in [0.2, 0.25) is 21.8 Å². The predicted octanol–water partition coefficient (Wildman–Crippen LogP) is 7.35. The van der Waals surface area contributed by atoms with Crippen molar-refractivity contribution in [1.29, 1.82) is 0 Å². The molecule has 3 fully saturated rings. The van der Waals surface area contributed by atoms with Gasteiger partial charge in [-0.3, -0.25) is 23.7 Å². The summed E-state index contributed by atoms with van der Waals surface area (Å²) in [5, 5.41) is 8.56. The first-order valence-corrected chi connectivity index (χ1v) is 24.7. The minimum absolute atomic E-state index is 0.0287. The van der Waals surface area contributed by atoms with E-state index in [1.54, 1.807) is 27.7 Å². The maximum atomic E-state index is 14.8. The Hall–Kier alpha value is -5.29. The Balaban J connectivity index is 1.12. The maximum Gasteiger partial charge on any atom is 0.408 e. The lowest BCUT2D eigenvalue weighted by Gasteiger charge is -2.30. The number of ether oxygens (including phenoxy) is 2. The van der Waals surface area contributed by atoms with E-state index in [1.165, 1.54) is 16.2 Å². The third-order valence-electron chi connectivity index (χ3n) is 12.8. The molecular formula is C47H59N7O8S2. The average Bonchev–Trinajstić information content (AvgIpc) is 3.90. The van der Waals surface area contributed by atoms with E-state index in [0.717, 1.165) is 45.8 Å². The molecule has 0 bridgehead atoms. The molecule has 2 aromatic carbocycles. The molecule has 2 saturated carbocycles. The number of alkyl carbamates (subject to hydrolysis) is 1. The summed E-state index contributed by atoms with van der Waals surface area (Å²) in [5.41, 5.74) is 3.05. The van der Waals surface area contributed by atoms with Gasteiger partial charge in [-0.25, -0.2) is 18.2 Å². The van der Waals surface area contributed by atoms with Gasteiger partial charge in [-0.2, -0.15) is 4.98 Å². The van der Waals surface area contributed by atoms with Gasteiger partial charge in [-0.1, -0.05) is 55.3 Å². The van der Waals surface area contributed by atoms with Crippen LogP contribution in [0.4, 0.5) is 4.79 Å². The van der Waals surface area contributed by atoms with Crippen LogP contribution in [0.1, 0.15) is 111 Å². The lowest BCUT2D eigenvalue weighted by atomic mass is 10.0. The zero-order chi connectivity index (χ0) is 45.8. The lowest BCUT2D eigenvalue weighted by molar-refractivity contribution is -0.141. The fourth-order valence-corrected chi connectivity index (χ4v) is 10.9. The van der Waals surface area contributed by atoms with E-state index in [0.29, 0.717) is 43.6 Å². The molecule has 8 rings (SSSR count). The van der Waals surface area contributed by atoms with E-state index >= 15 is 0 Å². The molecule has 0 radical (unpaired) electrons. The number of hydrogen-bond acceptors (Lipinski definition) is 11. The highest BCUT2D eigenvalue weighted by Gasteiger charge is 2.63. The van der Waals surface area contributed by atoms with Crippen LogP contribution in [-0.2, 0) is 29.1 Å². The van der Waals surface area contributed by atoms with E-state index < -0.39 is 73.8 Å². The highest BCUT2D eigenvalue weighted by Crippen LogP contribution is 2.48. The SMILES string of the molecule is Cc1ccccc1-c1csc(-c2cccc3c2nc(O[C@@H]2C[C@H]4C(=O)N[C@]5(C(=O)NS(=O)(=O)C6(C)CC6)C[C@H]5/C=C\CCCCC[C@H](NC(=O)OC(C)(C)C)C(=O)N4C2)n3C(C)C)n1. The smallest absolute Gasteiger partial charge is 0.408 e. The number of benzene rings is 2. The van der Waals surface area contributed by atoms with Gasteiger partial charge in [-0.15, -0.1) is 11.3 Å². The van der Waals surface area contributed by atoms with Crippen molar-refractivity contribution in [1.82, 2.24) is 34.8 Å². The van der Waals surface area contributed by atoms with Crippen molar-refractivity contribution < 1.29 is 37.1 Å². The average molecular weight is 914 g/mol. The molecule has 4 aromatic rings. The van der Waals surface area contributed by atoms with E-state index in [4.69, 9.17) is 19.4 Å². The van der Waals surface area contributed by atoms with Gasteiger partial charge >= 0.3 is 6.09 Å². The number of aryl methyl sites for hydroxylation is 1. The molecule has 4 aliphatic rings. The van der Waals surface area contributed by atoms with Crippen LogP contribution in [0, 0.1) is 12.8 Å². The second-order valence-corrected chi connectivity index (χ2v) is 22.3. The molecule has 0 spiro atoms. The minimum atomic E-state index is -4.01. The van der Waals surface area contributed by atoms with Gasteiger partial charge in [-0.05, 0) is 105 Å². The van der Waals surface area contributed by atoms with Gasteiger partial charge in [0.15, 0.2) is 0 Å². The molecule has 64 heavy (non-hydrogen) atoms. The number of rotatable bonds is 9. The number of sulfonamides is 1. The largest absolute Gasteiger partial charge is 0.459 e. The Morgan fingerprint density at radius 2 is 1.77 bits per heavy atom. The van der Waals surface area contributed by atoms with Crippen molar-refractivity contribution in [2.45, 2.75) is 146 Å². The Kier molecular flexibility index (Phi) is 12.2. The van der Waals surface area contributed by atoms with Crippen LogP contribution in [-0.4, -0.2) is 92.3 Å². The summed E-state index contributed by atoms with van der Waals surface area (Å²) in [6, 6.07) is 12.1. The molecule has 17 heteroatoms. The lowest BCUT2D eigenvalue weighted by Crippen LogP contribution is -2.58. The summed E-state index contributed by atoms with van der Waals surface area (Å²) in [5.74, 6) is -2.37. The molecule has 15 nitrogen and oxygen atoms in total. The molecule has 2 aliphatic heterocycles. The van der Waals surface area contributed by atoms with Crippen LogP contribution < -0.4 is 20.1 Å². The van der Waals surface area contributed by atoms with E-state index in [9.17, 15) is 27.6 Å². The Labute approximate surface area is 378 Å². The standard InChI is InChI=1S/C47H59N7O8S2/c1-28(2)54-36-21-15-19-33(40-48-35(27-63-40)32-18-14-13-16-29(32)3)38(36)50-43(54)61-31-24-37-39(55)51-47(42(57)52-64(59,60)46(7)22-23-46)25-30(47)17-11-9-8-10-12-20-34(41(56)53(37)26-31)49-44(58)62-45(4,5)6/h11,13-19,21,27-28,30-31,34,37H,8-10,12,20,22-26H2,1-7H3,(H,49,58)(H,51,55)(H,52,57)/b17-11-/t30-,31-,34+,37+,47-/m1/s1. The fourth-order valence-electron chi connectivity index (χ4n) is 8.78. The number of fused-ring (bicyclic) bond motifs is 3. The van der Waals surface area contributed by atoms with Crippen LogP contribution in [0.15, 0.2) is 60.0 Å². The summed E-state index contributed by atoms with van der Waals surface area (Å²) in [4.78, 5) is 68.2. The summed E-state index contributed by atoms with van der Waals surface area (Å²) in [7, 11) is -4.01. The van der Waals surface area contributed by atoms with Crippen molar-refractivity contribution >= 4 is 56.2 Å². The number of carbonyl (C=O) groups is 4. The molecule has 3 N–H and O–H groups in total. The maximum absolute atomic E-state index is 14.8. The van der Waals surface area contributed by atoms with Crippen molar-refractivity contribution in [2.75, 3.05) is 6.54 Å². The first-order valence-electron chi connectivity index (χ1n) is 22.3. The van der Waals surface area contributed by atoms with Crippen LogP contribution in [0.5, 0.6) is 6.01 Å². The summed E-state index contributed by atoms with van der Waals surface area (Å²) in [6.45, 7) is 12.9. The molecule has 1 saturated heterocycles. The van der Waals surface area contributed by atoms with Crippen molar-refractivity contribution in [3.63, 3.8) is 0 Å². The first-order chi connectivity index (χ1) is 30.3. The molecular weight excluding hydrogens is 855 g/mol. The van der Waals surface area contributed by atoms with E-state index in [-0.39, 0.29) is 25.4 Å².